The highest BCUT2D eigenvalue weighted by molar-refractivity contribution is 7.99. The van der Waals surface area contributed by atoms with Crippen LogP contribution in [0.5, 0.6) is 0 Å². The standard InChI is InChI=1S/C17H24N6OS2/c1-2-23-14(11-25-16-18-9-6-10-19-16)21-22-17(23)26-12-15(24)20-13-7-4-3-5-8-13/h6,9-10,13H,2-5,7-8,11-12H2,1H3,(H,20,24). The fraction of sp³-hybridized carbons (Fsp3) is 0.588. The molecule has 0 spiro atoms. The van der Waals surface area contributed by atoms with E-state index in [9.17, 15) is 4.79 Å². The van der Waals surface area contributed by atoms with Gasteiger partial charge >= 0.3 is 0 Å². The van der Waals surface area contributed by atoms with E-state index in [0.717, 1.165) is 35.5 Å². The Kier molecular flexibility index (Phi) is 7.31. The first kappa shape index (κ1) is 19.2. The van der Waals surface area contributed by atoms with Crippen LogP contribution < -0.4 is 5.32 Å². The van der Waals surface area contributed by atoms with E-state index in [1.165, 1.54) is 42.8 Å². The summed E-state index contributed by atoms with van der Waals surface area (Å²) in [4.78, 5) is 20.6. The molecule has 1 saturated carbocycles. The Labute approximate surface area is 162 Å². The fourth-order valence-electron chi connectivity index (χ4n) is 2.99. The van der Waals surface area contributed by atoms with Crippen LogP contribution in [0.15, 0.2) is 28.8 Å². The smallest absolute Gasteiger partial charge is 0.230 e. The lowest BCUT2D eigenvalue weighted by atomic mass is 9.95. The van der Waals surface area contributed by atoms with Gasteiger partial charge in [-0.25, -0.2) is 9.97 Å². The molecule has 2 aromatic heterocycles. The first-order valence-corrected chi connectivity index (χ1v) is 11.0. The number of rotatable bonds is 8. The molecule has 0 atom stereocenters. The molecule has 0 saturated heterocycles. The minimum Gasteiger partial charge on any atom is -0.353 e. The molecular formula is C17H24N6OS2. The van der Waals surface area contributed by atoms with Crippen molar-refractivity contribution in [3.63, 3.8) is 0 Å². The third-order valence-corrected chi connectivity index (χ3v) is 6.12. The molecule has 1 aliphatic carbocycles. The van der Waals surface area contributed by atoms with E-state index in [4.69, 9.17) is 0 Å². The zero-order chi connectivity index (χ0) is 18.2. The predicted molar refractivity (Wildman–Crippen MR) is 103 cm³/mol. The van der Waals surface area contributed by atoms with E-state index in [0.29, 0.717) is 17.5 Å². The molecule has 0 bridgehead atoms. The molecule has 0 aliphatic heterocycles. The van der Waals surface area contributed by atoms with E-state index in [1.54, 1.807) is 18.5 Å². The van der Waals surface area contributed by atoms with Gasteiger partial charge in [0, 0.05) is 25.0 Å². The Morgan fingerprint density at radius 3 is 2.69 bits per heavy atom. The van der Waals surface area contributed by atoms with Crippen LogP contribution in [0, 0.1) is 0 Å². The number of thioether (sulfide) groups is 2. The third-order valence-electron chi connectivity index (χ3n) is 4.28. The predicted octanol–water partition coefficient (Wildman–Crippen LogP) is 2.92. The van der Waals surface area contributed by atoms with Crippen molar-refractivity contribution in [2.45, 2.75) is 67.7 Å². The van der Waals surface area contributed by atoms with Gasteiger partial charge in [-0.15, -0.1) is 10.2 Å². The van der Waals surface area contributed by atoms with Gasteiger partial charge in [0.05, 0.1) is 11.5 Å². The minimum atomic E-state index is 0.0844. The Balaban J connectivity index is 1.51. The number of carbonyl (C=O) groups is 1. The molecule has 1 fully saturated rings. The number of nitrogens with zero attached hydrogens (tertiary/aromatic N) is 5. The molecular weight excluding hydrogens is 368 g/mol. The molecule has 0 radical (unpaired) electrons. The largest absolute Gasteiger partial charge is 0.353 e. The summed E-state index contributed by atoms with van der Waals surface area (Å²) in [6.45, 7) is 2.83. The summed E-state index contributed by atoms with van der Waals surface area (Å²) < 4.78 is 2.05. The molecule has 1 amide bonds. The van der Waals surface area contributed by atoms with E-state index < -0.39 is 0 Å². The Morgan fingerprint density at radius 2 is 1.96 bits per heavy atom. The number of amides is 1. The molecule has 9 heteroatoms. The molecule has 140 valence electrons. The summed E-state index contributed by atoms with van der Waals surface area (Å²) >= 11 is 2.98. The second-order valence-electron chi connectivity index (χ2n) is 6.15. The second kappa shape index (κ2) is 9.91. The number of nitrogens with one attached hydrogen (secondary N) is 1. The van der Waals surface area contributed by atoms with Gasteiger partial charge in [-0.1, -0.05) is 42.8 Å². The van der Waals surface area contributed by atoms with Crippen LogP contribution in [-0.4, -0.2) is 42.4 Å². The molecule has 1 aliphatic rings. The molecule has 0 unspecified atom stereocenters. The van der Waals surface area contributed by atoms with Gasteiger partial charge in [0.15, 0.2) is 10.3 Å². The minimum absolute atomic E-state index is 0.0844. The highest BCUT2D eigenvalue weighted by Crippen LogP contribution is 2.22. The number of aromatic nitrogens is 5. The number of hydrogen-bond acceptors (Lipinski definition) is 7. The molecule has 0 aromatic carbocycles. The first-order chi connectivity index (χ1) is 12.8. The summed E-state index contributed by atoms with van der Waals surface area (Å²) in [5.74, 6) is 1.99. The maximum absolute atomic E-state index is 12.2. The van der Waals surface area contributed by atoms with E-state index in [-0.39, 0.29) is 5.91 Å². The number of carbonyl (C=O) groups excluding carboxylic acids is 1. The van der Waals surface area contributed by atoms with Crippen molar-refractivity contribution in [1.29, 1.82) is 0 Å². The molecule has 7 nitrogen and oxygen atoms in total. The van der Waals surface area contributed by atoms with Gasteiger partial charge < -0.3 is 9.88 Å². The first-order valence-electron chi connectivity index (χ1n) is 9.00. The SMILES string of the molecule is CCn1c(CSc2ncccn2)nnc1SCC(=O)NC1CCCCC1. The van der Waals surface area contributed by atoms with Crippen molar-refractivity contribution in [1.82, 2.24) is 30.0 Å². The second-order valence-corrected chi connectivity index (χ2v) is 8.04. The van der Waals surface area contributed by atoms with Crippen molar-refractivity contribution >= 4 is 29.4 Å². The van der Waals surface area contributed by atoms with Crippen molar-refractivity contribution in [3.8, 4) is 0 Å². The lowest BCUT2D eigenvalue weighted by Gasteiger charge is -2.22. The van der Waals surface area contributed by atoms with Crippen LogP contribution in [-0.2, 0) is 17.1 Å². The highest BCUT2D eigenvalue weighted by Gasteiger charge is 2.17. The normalized spacial score (nSPS) is 15.1. The van der Waals surface area contributed by atoms with Gasteiger partial charge in [-0.05, 0) is 25.8 Å². The van der Waals surface area contributed by atoms with E-state index in [2.05, 4.69) is 37.0 Å². The molecule has 2 aromatic rings. The van der Waals surface area contributed by atoms with Crippen LogP contribution in [0.25, 0.3) is 0 Å². The van der Waals surface area contributed by atoms with Crippen molar-refractivity contribution < 1.29 is 4.79 Å². The van der Waals surface area contributed by atoms with Crippen LogP contribution in [0.4, 0.5) is 0 Å². The topological polar surface area (TPSA) is 85.6 Å². The van der Waals surface area contributed by atoms with Crippen molar-refractivity contribution in [2.75, 3.05) is 5.75 Å². The van der Waals surface area contributed by atoms with Crippen molar-refractivity contribution in [3.05, 3.63) is 24.3 Å². The van der Waals surface area contributed by atoms with Gasteiger partial charge in [0.1, 0.15) is 5.82 Å². The quantitative estimate of drug-likeness (QED) is 0.546. The zero-order valence-electron chi connectivity index (χ0n) is 14.9. The highest BCUT2D eigenvalue weighted by atomic mass is 32.2. The Morgan fingerprint density at radius 1 is 1.19 bits per heavy atom. The lowest BCUT2D eigenvalue weighted by Crippen LogP contribution is -2.37. The van der Waals surface area contributed by atoms with Gasteiger partial charge in [0.2, 0.25) is 5.91 Å². The van der Waals surface area contributed by atoms with Crippen molar-refractivity contribution in [2.24, 2.45) is 0 Å². The molecule has 3 rings (SSSR count). The monoisotopic (exact) mass is 392 g/mol. The van der Waals surface area contributed by atoms with E-state index in [1.807, 2.05) is 0 Å². The van der Waals surface area contributed by atoms with Crippen LogP contribution >= 0.6 is 23.5 Å². The van der Waals surface area contributed by atoms with E-state index >= 15 is 0 Å². The Hall–Kier alpha value is -1.61. The average molecular weight is 393 g/mol. The summed E-state index contributed by atoms with van der Waals surface area (Å²) in [6.07, 6.45) is 9.38. The van der Waals surface area contributed by atoms with Gasteiger partial charge in [-0.3, -0.25) is 4.79 Å². The van der Waals surface area contributed by atoms with Gasteiger partial charge in [0.25, 0.3) is 0 Å². The fourth-order valence-corrected chi connectivity index (χ4v) is 4.56. The zero-order valence-corrected chi connectivity index (χ0v) is 16.6. The Bertz CT molecular complexity index is 703. The maximum atomic E-state index is 12.2. The maximum Gasteiger partial charge on any atom is 0.230 e. The molecule has 26 heavy (non-hydrogen) atoms. The van der Waals surface area contributed by atoms with Gasteiger partial charge in [-0.2, -0.15) is 0 Å². The average Bonchev–Trinajstić information content (AvgIpc) is 3.08. The number of hydrogen-bond donors (Lipinski definition) is 1. The third kappa shape index (κ3) is 5.44. The summed E-state index contributed by atoms with van der Waals surface area (Å²) in [5.41, 5.74) is 0. The lowest BCUT2D eigenvalue weighted by molar-refractivity contribution is -0.119. The summed E-state index contributed by atoms with van der Waals surface area (Å²) in [6, 6.07) is 2.14. The van der Waals surface area contributed by atoms with Crippen LogP contribution in [0.1, 0.15) is 44.9 Å². The molecule has 1 N–H and O–H groups in total. The van der Waals surface area contributed by atoms with Crippen LogP contribution in [0.3, 0.4) is 0 Å². The molecule has 2 heterocycles. The summed E-state index contributed by atoms with van der Waals surface area (Å²) in [7, 11) is 0. The summed E-state index contributed by atoms with van der Waals surface area (Å²) in [5, 5.41) is 13.2. The van der Waals surface area contributed by atoms with Crippen LogP contribution in [0.2, 0.25) is 0 Å².